The standard InChI is InChI=1S/C4H5F4IO2S/c5-3(6,1-2-9)4(7,8)12(10)11/h1-2H2,(H,10,11). The molecule has 1 N–H and O–H groups in total. The fourth-order valence-corrected chi connectivity index (χ4v) is 1.43. The SMILES string of the molecule is O=S(O)C(F)(F)C(F)(F)CCI. The van der Waals surface area contributed by atoms with Crippen LogP contribution in [0.5, 0.6) is 0 Å². The molecule has 0 fully saturated rings. The minimum absolute atomic E-state index is 0.211. The van der Waals surface area contributed by atoms with Crippen molar-refractivity contribution in [3.8, 4) is 0 Å². The zero-order chi connectivity index (χ0) is 9.99. The molecule has 0 aromatic rings. The molecule has 0 spiro atoms. The fourth-order valence-electron chi connectivity index (χ4n) is 0.392. The predicted molar refractivity (Wildman–Crippen MR) is 44.2 cm³/mol. The molecular formula is C4H5F4IO2S. The van der Waals surface area contributed by atoms with Crippen molar-refractivity contribution in [3.05, 3.63) is 0 Å². The van der Waals surface area contributed by atoms with Gasteiger partial charge in [-0.1, -0.05) is 22.6 Å². The Morgan fingerprint density at radius 1 is 1.33 bits per heavy atom. The zero-order valence-electron chi connectivity index (χ0n) is 5.57. The molecule has 0 aliphatic rings. The first-order valence-electron chi connectivity index (χ1n) is 2.68. The maximum atomic E-state index is 12.3. The summed E-state index contributed by atoms with van der Waals surface area (Å²) in [5, 5.41) is -4.86. The summed E-state index contributed by atoms with van der Waals surface area (Å²) in [6, 6.07) is 0. The first-order chi connectivity index (χ1) is 5.25. The largest absolute Gasteiger partial charge is 0.406 e. The Hall–Kier alpha value is 0.560. The average Bonchev–Trinajstić information content (AvgIpc) is 1.86. The Kier molecular flexibility index (Phi) is 4.38. The van der Waals surface area contributed by atoms with Gasteiger partial charge < -0.3 is 4.55 Å². The maximum Gasteiger partial charge on any atom is 0.406 e. The van der Waals surface area contributed by atoms with Crippen molar-refractivity contribution in [2.75, 3.05) is 4.43 Å². The van der Waals surface area contributed by atoms with Crippen LogP contribution < -0.4 is 0 Å². The van der Waals surface area contributed by atoms with E-state index in [9.17, 15) is 21.8 Å². The summed E-state index contributed by atoms with van der Waals surface area (Å²) in [4.78, 5) is 0. The van der Waals surface area contributed by atoms with E-state index < -0.39 is 28.7 Å². The molecule has 12 heavy (non-hydrogen) atoms. The maximum absolute atomic E-state index is 12.3. The van der Waals surface area contributed by atoms with Crippen LogP contribution in [0.1, 0.15) is 6.42 Å². The molecule has 0 rings (SSSR count). The van der Waals surface area contributed by atoms with Crippen molar-refractivity contribution in [2.24, 2.45) is 0 Å². The summed E-state index contributed by atoms with van der Waals surface area (Å²) in [6.07, 6.45) is -1.12. The number of halogens is 5. The number of hydrogen-bond acceptors (Lipinski definition) is 1. The van der Waals surface area contributed by atoms with E-state index in [4.69, 9.17) is 4.55 Å². The summed E-state index contributed by atoms with van der Waals surface area (Å²) >= 11 is -2.35. The molecule has 0 heterocycles. The number of rotatable bonds is 4. The molecule has 74 valence electrons. The van der Waals surface area contributed by atoms with E-state index in [1.165, 1.54) is 22.6 Å². The lowest BCUT2D eigenvalue weighted by Crippen LogP contribution is -2.44. The van der Waals surface area contributed by atoms with Crippen LogP contribution in [-0.2, 0) is 11.1 Å². The van der Waals surface area contributed by atoms with Crippen molar-refractivity contribution in [3.63, 3.8) is 0 Å². The Morgan fingerprint density at radius 2 is 1.75 bits per heavy atom. The van der Waals surface area contributed by atoms with E-state index in [-0.39, 0.29) is 4.43 Å². The fraction of sp³-hybridized carbons (Fsp3) is 1.00. The third kappa shape index (κ3) is 2.52. The van der Waals surface area contributed by atoms with E-state index in [1.807, 2.05) is 0 Å². The van der Waals surface area contributed by atoms with Gasteiger partial charge in [-0.3, -0.25) is 0 Å². The van der Waals surface area contributed by atoms with Crippen LogP contribution in [0.2, 0.25) is 0 Å². The van der Waals surface area contributed by atoms with Gasteiger partial charge in [0.2, 0.25) is 11.1 Å². The first kappa shape index (κ1) is 12.6. The third-order valence-corrected chi connectivity index (χ3v) is 2.33. The Labute approximate surface area is 82.1 Å². The minimum atomic E-state index is -4.86. The lowest BCUT2D eigenvalue weighted by atomic mass is 10.3. The molecule has 0 saturated carbocycles. The van der Waals surface area contributed by atoms with E-state index in [2.05, 4.69) is 0 Å². The quantitative estimate of drug-likeness (QED) is 0.373. The van der Waals surface area contributed by atoms with Crippen molar-refractivity contribution < 1.29 is 26.3 Å². The van der Waals surface area contributed by atoms with E-state index >= 15 is 0 Å². The normalized spacial score (nSPS) is 16.2. The molecule has 0 aromatic heterocycles. The van der Waals surface area contributed by atoms with Gasteiger partial charge in [-0.2, -0.15) is 17.6 Å². The Balaban J connectivity index is 4.62. The van der Waals surface area contributed by atoms with Crippen molar-refractivity contribution in [1.82, 2.24) is 0 Å². The highest BCUT2D eigenvalue weighted by molar-refractivity contribution is 14.1. The smallest absolute Gasteiger partial charge is 0.301 e. The number of hydrogen-bond donors (Lipinski definition) is 1. The Morgan fingerprint density at radius 3 is 2.00 bits per heavy atom. The van der Waals surface area contributed by atoms with Gasteiger partial charge in [0.15, 0.2) is 0 Å². The van der Waals surface area contributed by atoms with Crippen molar-refractivity contribution in [1.29, 1.82) is 0 Å². The van der Waals surface area contributed by atoms with Gasteiger partial charge >= 0.3 is 11.2 Å². The van der Waals surface area contributed by atoms with Gasteiger partial charge in [0.05, 0.1) is 0 Å². The molecule has 0 radical (unpaired) electrons. The summed E-state index contributed by atoms with van der Waals surface area (Å²) in [5.74, 6) is -4.42. The predicted octanol–water partition coefficient (Wildman–Crippen LogP) is 2.26. The van der Waals surface area contributed by atoms with E-state index in [0.29, 0.717) is 0 Å². The molecule has 1 atom stereocenters. The molecule has 0 amide bonds. The highest BCUT2D eigenvalue weighted by atomic mass is 127. The van der Waals surface area contributed by atoms with E-state index in [0.717, 1.165) is 0 Å². The molecule has 0 aliphatic carbocycles. The molecule has 0 bridgehead atoms. The molecule has 0 aromatic carbocycles. The second-order valence-corrected chi connectivity index (χ2v) is 4.00. The van der Waals surface area contributed by atoms with E-state index in [1.54, 1.807) is 0 Å². The van der Waals surface area contributed by atoms with Gasteiger partial charge in [0, 0.05) is 10.8 Å². The first-order valence-corrected chi connectivity index (χ1v) is 5.31. The number of alkyl halides is 5. The molecule has 1 unspecified atom stereocenters. The Bertz CT molecular complexity index is 186. The molecule has 2 nitrogen and oxygen atoms in total. The van der Waals surface area contributed by atoms with Crippen LogP contribution in [-0.4, -0.2) is 24.4 Å². The summed E-state index contributed by atoms with van der Waals surface area (Å²) < 4.78 is 66.6. The van der Waals surface area contributed by atoms with Crippen LogP contribution in [0.3, 0.4) is 0 Å². The molecule has 0 aliphatic heterocycles. The third-order valence-electron chi connectivity index (χ3n) is 1.05. The van der Waals surface area contributed by atoms with Crippen molar-refractivity contribution >= 4 is 33.7 Å². The summed E-state index contributed by atoms with van der Waals surface area (Å²) in [7, 11) is 0. The van der Waals surface area contributed by atoms with Gasteiger partial charge in [0.1, 0.15) is 0 Å². The molecular weight excluding hydrogens is 315 g/mol. The molecule has 0 saturated heterocycles. The lowest BCUT2D eigenvalue weighted by molar-refractivity contribution is -0.157. The second kappa shape index (κ2) is 4.18. The van der Waals surface area contributed by atoms with Gasteiger partial charge in [-0.15, -0.1) is 0 Å². The van der Waals surface area contributed by atoms with Crippen LogP contribution >= 0.6 is 22.6 Å². The van der Waals surface area contributed by atoms with Gasteiger partial charge in [0.25, 0.3) is 0 Å². The highest BCUT2D eigenvalue weighted by Gasteiger charge is 2.60. The molecule has 8 heteroatoms. The minimum Gasteiger partial charge on any atom is -0.301 e. The average molecular weight is 320 g/mol. The summed E-state index contributed by atoms with van der Waals surface area (Å²) in [5.41, 5.74) is 0. The highest BCUT2D eigenvalue weighted by Crippen LogP contribution is 2.39. The van der Waals surface area contributed by atoms with Crippen molar-refractivity contribution in [2.45, 2.75) is 17.6 Å². The topological polar surface area (TPSA) is 37.3 Å². The van der Waals surface area contributed by atoms with Gasteiger partial charge in [-0.25, -0.2) is 4.21 Å². The zero-order valence-corrected chi connectivity index (χ0v) is 8.54. The lowest BCUT2D eigenvalue weighted by Gasteiger charge is -2.22. The van der Waals surface area contributed by atoms with Gasteiger partial charge in [-0.05, 0) is 0 Å². The monoisotopic (exact) mass is 320 g/mol. The van der Waals surface area contributed by atoms with Crippen LogP contribution in [0.15, 0.2) is 0 Å². The second-order valence-electron chi connectivity index (χ2n) is 1.91. The van der Waals surface area contributed by atoms with Crippen LogP contribution in [0, 0.1) is 0 Å². The summed E-state index contributed by atoms with van der Waals surface area (Å²) in [6.45, 7) is 0. The van der Waals surface area contributed by atoms with Crippen LogP contribution in [0.4, 0.5) is 17.6 Å². The van der Waals surface area contributed by atoms with Crippen LogP contribution in [0.25, 0.3) is 0 Å².